The molecule has 4 heteroatoms. The molecule has 1 heterocycles. The molecule has 2 aromatic carbocycles. The van der Waals surface area contributed by atoms with Crippen LogP contribution in [0, 0.1) is 18.6 Å². The molecule has 1 fully saturated rings. The number of rotatable bonds is 2. The van der Waals surface area contributed by atoms with Crippen molar-refractivity contribution in [2.24, 2.45) is 0 Å². The maximum absolute atomic E-state index is 13.8. The fraction of sp³-hybridized carbons (Fsp3) is 0.278. The smallest absolute Gasteiger partial charge is 0.260 e. The number of amides is 1. The third-order valence-electron chi connectivity index (χ3n) is 4.15. The van der Waals surface area contributed by atoms with E-state index in [1.807, 2.05) is 31.2 Å². The summed E-state index contributed by atoms with van der Waals surface area (Å²) in [7, 11) is 0. The van der Waals surface area contributed by atoms with E-state index in [0.717, 1.165) is 36.1 Å². The highest BCUT2D eigenvalue weighted by molar-refractivity contribution is 5.95. The molecule has 1 unspecified atom stereocenters. The van der Waals surface area contributed by atoms with Crippen LogP contribution in [0.2, 0.25) is 0 Å². The van der Waals surface area contributed by atoms with Crippen molar-refractivity contribution < 1.29 is 13.6 Å². The predicted octanol–water partition coefficient (Wildman–Crippen LogP) is 4.25. The SMILES string of the molecule is Cc1ccc(C2CCCN2C(=O)c2c(F)cccc2F)cc1. The van der Waals surface area contributed by atoms with Gasteiger partial charge >= 0.3 is 0 Å². The number of nitrogens with zero attached hydrogens (tertiary/aromatic N) is 1. The summed E-state index contributed by atoms with van der Waals surface area (Å²) in [5.74, 6) is -2.18. The summed E-state index contributed by atoms with van der Waals surface area (Å²) >= 11 is 0. The van der Waals surface area contributed by atoms with Gasteiger partial charge in [-0.25, -0.2) is 8.78 Å². The molecule has 0 aliphatic carbocycles. The summed E-state index contributed by atoms with van der Waals surface area (Å²) in [5.41, 5.74) is 1.69. The van der Waals surface area contributed by atoms with E-state index in [2.05, 4.69) is 0 Å². The lowest BCUT2D eigenvalue weighted by Crippen LogP contribution is -2.32. The summed E-state index contributed by atoms with van der Waals surface area (Å²) in [6.45, 7) is 2.52. The topological polar surface area (TPSA) is 20.3 Å². The Hall–Kier alpha value is -2.23. The van der Waals surface area contributed by atoms with Crippen molar-refractivity contribution in [2.75, 3.05) is 6.54 Å². The molecule has 0 aromatic heterocycles. The van der Waals surface area contributed by atoms with Gasteiger partial charge in [0.15, 0.2) is 0 Å². The van der Waals surface area contributed by atoms with Gasteiger partial charge in [-0.15, -0.1) is 0 Å². The van der Waals surface area contributed by atoms with Gasteiger partial charge in [0.2, 0.25) is 0 Å². The molecule has 2 nitrogen and oxygen atoms in total. The van der Waals surface area contributed by atoms with Crippen LogP contribution in [0.15, 0.2) is 42.5 Å². The van der Waals surface area contributed by atoms with Crippen LogP contribution in [0.5, 0.6) is 0 Å². The molecule has 114 valence electrons. The molecule has 1 atom stereocenters. The van der Waals surface area contributed by atoms with Crippen LogP contribution in [0.25, 0.3) is 0 Å². The summed E-state index contributed by atoms with van der Waals surface area (Å²) in [5, 5.41) is 0. The highest BCUT2D eigenvalue weighted by Crippen LogP contribution is 2.33. The molecule has 1 saturated heterocycles. The van der Waals surface area contributed by atoms with Crippen molar-refractivity contribution in [3.63, 3.8) is 0 Å². The Morgan fingerprint density at radius 1 is 1.09 bits per heavy atom. The van der Waals surface area contributed by atoms with Gasteiger partial charge in [0, 0.05) is 6.54 Å². The van der Waals surface area contributed by atoms with E-state index in [0.29, 0.717) is 6.54 Å². The van der Waals surface area contributed by atoms with E-state index in [9.17, 15) is 13.6 Å². The molecule has 1 amide bonds. The van der Waals surface area contributed by atoms with Crippen LogP contribution in [0.3, 0.4) is 0 Å². The number of likely N-dealkylation sites (tertiary alicyclic amines) is 1. The summed E-state index contributed by atoms with van der Waals surface area (Å²) in [6, 6.07) is 11.3. The number of hydrogen-bond acceptors (Lipinski definition) is 1. The average Bonchev–Trinajstić information content (AvgIpc) is 2.97. The molecular formula is C18H17F2NO. The molecule has 3 rings (SSSR count). The Balaban J connectivity index is 1.93. The highest BCUT2D eigenvalue weighted by Gasteiger charge is 2.33. The first kappa shape index (κ1) is 14.7. The van der Waals surface area contributed by atoms with Gasteiger partial charge in [0.25, 0.3) is 5.91 Å². The minimum absolute atomic E-state index is 0.118. The number of benzene rings is 2. The van der Waals surface area contributed by atoms with Crippen LogP contribution < -0.4 is 0 Å². The van der Waals surface area contributed by atoms with Crippen molar-refractivity contribution in [1.29, 1.82) is 0 Å². The zero-order chi connectivity index (χ0) is 15.7. The monoisotopic (exact) mass is 301 g/mol. The molecule has 0 N–H and O–H groups in total. The fourth-order valence-electron chi connectivity index (χ4n) is 2.99. The summed E-state index contributed by atoms with van der Waals surface area (Å²) < 4.78 is 27.7. The predicted molar refractivity (Wildman–Crippen MR) is 80.5 cm³/mol. The van der Waals surface area contributed by atoms with Crippen molar-refractivity contribution in [3.8, 4) is 0 Å². The first-order valence-corrected chi connectivity index (χ1v) is 7.39. The summed E-state index contributed by atoms with van der Waals surface area (Å²) in [4.78, 5) is 14.2. The first-order valence-electron chi connectivity index (χ1n) is 7.39. The maximum atomic E-state index is 13.8. The quantitative estimate of drug-likeness (QED) is 0.812. The fourth-order valence-corrected chi connectivity index (χ4v) is 2.99. The largest absolute Gasteiger partial charge is 0.331 e. The molecule has 2 aromatic rings. The van der Waals surface area contributed by atoms with Crippen LogP contribution in [-0.4, -0.2) is 17.4 Å². The van der Waals surface area contributed by atoms with E-state index in [-0.39, 0.29) is 6.04 Å². The molecule has 1 aliphatic rings. The molecular weight excluding hydrogens is 284 g/mol. The van der Waals surface area contributed by atoms with Gasteiger partial charge in [-0.05, 0) is 37.5 Å². The Kier molecular flexibility index (Phi) is 3.92. The van der Waals surface area contributed by atoms with E-state index >= 15 is 0 Å². The zero-order valence-corrected chi connectivity index (χ0v) is 12.4. The van der Waals surface area contributed by atoms with Crippen molar-refractivity contribution in [1.82, 2.24) is 4.90 Å². The Morgan fingerprint density at radius 2 is 1.73 bits per heavy atom. The van der Waals surface area contributed by atoms with Crippen molar-refractivity contribution in [3.05, 3.63) is 70.8 Å². The molecule has 22 heavy (non-hydrogen) atoms. The van der Waals surface area contributed by atoms with Gasteiger partial charge in [-0.2, -0.15) is 0 Å². The highest BCUT2D eigenvalue weighted by atomic mass is 19.1. The average molecular weight is 301 g/mol. The third kappa shape index (κ3) is 2.61. The van der Waals surface area contributed by atoms with Gasteiger partial charge in [0.1, 0.15) is 17.2 Å². The van der Waals surface area contributed by atoms with Gasteiger partial charge in [-0.3, -0.25) is 4.79 Å². The zero-order valence-electron chi connectivity index (χ0n) is 12.4. The van der Waals surface area contributed by atoms with Crippen LogP contribution in [-0.2, 0) is 0 Å². The van der Waals surface area contributed by atoms with Crippen molar-refractivity contribution >= 4 is 5.91 Å². The van der Waals surface area contributed by atoms with E-state index in [1.54, 1.807) is 4.90 Å². The number of hydrogen-bond donors (Lipinski definition) is 0. The molecule has 0 saturated carbocycles. The molecule has 0 spiro atoms. The maximum Gasteiger partial charge on any atom is 0.260 e. The lowest BCUT2D eigenvalue weighted by Gasteiger charge is -2.25. The Morgan fingerprint density at radius 3 is 2.36 bits per heavy atom. The standard InChI is InChI=1S/C18H17F2NO/c1-12-7-9-13(10-8-12)16-6-3-11-21(16)18(22)17-14(19)4-2-5-15(17)20/h2,4-5,7-10,16H,3,6,11H2,1H3. The minimum Gasteiger partial charge on any atom is -0.331 e. The second-order valence-electron chi connectivity index (χ2n) is 5.66. The normalized spacial score (nSPS) is 17.8. The van der Waals surface area contributed by atoms with Crippen LogP contribution in [0.4, 0.5) is 8.78 Å². The summed E-state index contributed by atoms with van der Waals surface area (Å²) in [6.07, 6.45) is 1.64. The minimum atomic E-state index is -0.806. The van der Waals surface area contributed by atoms with E-state index in [4.69, 9.17) is 0 Å². The Labute approximate surface area is 128 Å². The van der Waals surface area contributed by atoms with Gasteiger partial charge in [0.05, 0.1) is 6.04 Å². The first-order chi connectivity index (χ1) is 10.6. The van der Waals surface area contributed by atoms with Gasteiger partial charge in [-0.1, -0.05) is 35.9 Å². The van der Waals surface area contributed by atoms with Crippen molar-refractivity contribution in [2.45, 2.75) is 25.8 Å². The van der Waals surface area contributed by atoms with Crippen LogP contribution >= 0.6 is 0 Å². The number of halogens is 2. The molecule has 0 radical (unpaired) electrons. The number of carbonyl (C=O) groups excluding carboxylic acids is 1. The molecule has 1 aliphatic heterocycles. The second kappa shape index (κ2) is 5.87. The lowest BCUT2D eigenvalue weighted by molar-refractivity contribution is 0.0725. The Bertz CT molecular complexity index is 676. The number of aryl methyl sites for hydroxylation is 1. The van der Waals surface area contributed by atoms with E-state index in [1.165, 1.54) is 6.07 Å². The third-order valence-corrected chi connectivity index (χ3v) is 4.15. The van der Waals surface area contributed by atoms with E-state index < -0.39 is 23.1 Å². The molecule has 0 bridgehead atoms. The van der Waals surface area contributed by atoms with Gasteiger partial charge < -0.3 is 4.90 Å². The number of carbonyl (C=O) groups is 1. The second-order valence-corrected chi connectivity index (χ2v) is 5.66. The van der Waals surface area contributed by atoms with Crippen LogP contribution in [0.1, 0.15) is 40.4 Å². The lowest BCUT2D eigenvalue weighted by atomic mass is 10.0.